The maximum absolute atomic E-state index is 14.0. The van der Waals surface area contributed by atoms with Gasteiger partial charge in [0.15, 0.2) is 0 Å². The standard InChI is InChI=1S/C21H21ClFN3O/c22-18-5-3-6-19(23)17(18)14-25-8-10-26(11-9-25)21(27)12-15-13-24-20-7-2-1-4-16(15)20/h1-7,13,24H,8-12,14H2. The van der Waals surface area contributed by atoms with Crippen LogP contribution in [0.1, 0.15) is 11.1 Å². The molecule has 0 bridgehead atoms. The van der Waals surface area contributed by atoms with Crippen molar-refractivity contribution in [1.82, 2.24) is 14.8 Å². The lowest BCUT2D eigenvalue weighted by Crippen LogP contribution is -2.48. The smallest absolute Gasteiger partial charge is 0.227 e. The number of para-hydroxylation sites is 1. The van der Waals surface area contributed by atoms with Crippen molar-refractivity contribution < 1.29 is 9.18 Å². The number of halogens is 2. The highest BCUT2D eigenvalue weighted by atomic mass is 35.5. The molecule has 1 N–H and O–H groups in total. The van der Waals surface area contributed by atoms with Crippen LogP contribution in [0.4, 0.5) is 4.39 Å². The van der Waals surface area contributed by atoms with Crippen LogP contribution < -0.4 is 0 Å². The maximum atomic E-state index is 14.0. The molecule has 1 amide bonds. The molecule has 0 saturated carbocycles. The van der Waals surface area contributed by atoms with Crippen molar-refractivity contribution in [3.63, 3.8) is 0 Å². The van der Waals surface area contributed by atoms with E-state index >= 15 is 0 Å². The Morgan fingerprint density at radius 3 is 2.63 bits per heavy atom. The van der Waals surface area contributed by atoms with Crippen molar-refractivity contribution in [3.05, 3.63) is 70.6 Å². The summed E-state index contributed by atoms with van der Waals surface area (Å²) in [5, 5.41) is 1.55. The molecule has 27 heavy (non-hydrogen) atoms. The fourth-order valence-electron chi connectivity index (χ4n) is 3.61. The van der Waals surface area contributed by atoms with Crippen LogP contribution in [0, 0.1) is 5.82 Å². The first-order chi connectivity index (χ1) is 13.1. The average molecular weight is 386 g/mol. The Morgan fingerprint density at radius 2 is 1.85 bits per heavy atom. The summed E-state index contributed by atoms with van der Waals surface area (Å²) in [6.45, 7) is 3.19. The van der Waals surface area contributed by atoms with E-state index < -0.39 is 0 Å². The van der Waals surface area contributed by atoms with Gasteiger partial charge in [0.1, 0.15) is 5.82 Å². The lowest BCUT2D eigenvalue weighted by atomic mass is 10.1. The third-order valence-electron chi connectivity index (χ3n) is 5.19. The molecule has 1 aliphatic heterocycles. The minimum absolute atomic E-state index is 0.128. The molecule has 140 valence electrons. The third kappa shape index (κ3) is 3.84. The Kier molecular flexibility index (Phi) is 5.14. The number of carbonyl (C=O) groups excluding carboxylic acids is 1. The van der Waals surface area contributed by atoms with Crippen LogP contribution in [-0.4, -0.2) is 46.9 Å². The van der Waals surface area contributed by atoms with Gasteiger partial charge in [-0.05, 0) is 23.8 Å². The van der Waals surface area contributed by atoms with Crippen LogP contribution in [0.5, 0.6) is 0 Å². The molecule has 2 heterocycles. The lowest BCUT2D eigenvalue weighted by Gasteiger charge is -2.35. The van der Waals surface area contributed by atoms with E-state index in [0.29, 0.717) is 49.7 Å². The molecule has 3 aromatic rings. The summed E-state index contributed by atoms with van der Waals surface area (Å²) in [4.78, 5) is 19.9. The Bertz CT molecular complexity index is 943. The number of aromatic nitrogens is 1. The normalized spacial score (nSPS) is 15.4. The summed E-state index contributed by atoms with van der Waals surface area (Å²) >= 11 is 6.12. The first-order valence-electron chi connectivity index (χ1n) is 9.10. The van der Waals surface area contributed by atoms with Crippen LogP contribution in [-0.2, 0) is 17.8 Å². The number of nitrogens with zero attached hydrogens (tertiary/aromatic N) is 2. The van der Waals surface area contributed by atoms with Gasteiger partial charge in [0.2, 0.25) is 5.91 Å². The highest BCUT2D eigenvalue weighted by molar-refractivity contribution is 6.31. The molecule has 1 saturated heterocycles. The number of benzene rings is 2. The number of H-pyrrole nitrogens is 1. The maximum Gasteiger partial charge on any atom is 0.227 e. The van der Waals surface area contributed by atoms with Crippen LogP contribution in [0.2, 0.25) is 5.02 Å². The number of aromatic amines is 1. The van der Waals surface area contributed by atoms with Crippen molar-refractivity contribution in [1.29, 1.82) is 0 Å². The molecule has 1 fully saturated rings. The Morgan fingerprint density at radius 1 is 1.07 bits per heavy atom. The van der Waals surface area contributed by atoms with Gasteiger partial charge in [0.25, 0.3) is 0 Å². The number of amides is 1. The second kappa shape index (κ2) is 7.71. The molecule has 4 rings (SSSR count). The second-order valence-electron chi connectivity index (χ2n) is 6.89. The molecule has 1 aliphatic rings. The molecule has 6 heteroatoms. The van der Waals surface area contributed by atoms with Crippen molar-refractivity contribution in [2.24, 2.45) is 0 Å². The van der Waals surface area contributed by atoms with Crippen molar-refractivity contribution >= 4 is 28.4 Å². The summed E-state index contributed by atoms with van der Waals surface area (Å²) in [6, 6.07) is 12.8. The molecular weight excluding hydrogens is 365 g/mol. The monoisotopic (exact) mass is 385 g/mol. The number of nitrogens with one attached hydrogen (secondary N) is 1. The summed E-state index contributed by atoms with van der Waals surface area (Å²) in [5.74, 6) is -0.149. The van der Waals surface area contributed by atoms with Gasteiger partial charge < -0.3 is 9.88 Å². The predicted octanol–water partition coefficient (Wildman–Crippen LogP) is 3.85. The number of hydrogen-bond donors (Lipinski definition) is 1. The van der Waals surface area contributed by atoms with Crippen LogP contribution in [0.15, 0.2) is 48.7 Å². The molecule has 0 radical (unpaired) electrons. The summed E-state index contributed by atoms with van der Waals surface area (Å²) in [7, 11) is 0. The highest BCUT2D eigenvalue weighted by Gasteiger charge is 2.23. The molecular formula is C21H21ClFN3O. The number of carbonyl (C=O) groups is 1. The Balaban J connectivity index is 1.35. The lowest BCUT2D eigenvalue weighted by molar-refractivity contribution is -0.132. The topological polar surface area (TPSA) is 39.3 Å². The van der Waals surface area contributed by atoms with E-state index in [1.54, 1.807) is 12.1 Å². The summed E-state index contributed by atoms with van der Waals surface area (Å²) < 4.78 is 14.0. The van der Waals surface area contributed by atoms with E-state index in [9.17, 15) is 9.18 Å². The zero-order chi connectivity index (χ0) is 18.8. The minimum atomic E-state index is -0.277. The van der Waals surface area contributed by atoms with Gasteiger partial charge in [-0.25, -0.2) is 4.39 Å². The largest absolute Gasteiger partial charge is 0.361 e. The number of fused-ring (bicyclic) bond motifs is 1. The van der Waals surface area contributed by atoms with Gasteiger partial charge in [-0.2, -0.15) is 0 Å². The fourth-order valence-corrected chi connectivity index (χ4v) is 3.84. The van der Waals surface area contributed by atoms with Gasteiger partial charge in [0.05, 0.1) is 6.42 Å². The first-order valence-corrected chi connectivity index (χ1v) is 9.47. The average Bonchev–Trinajstić information content (AvgIpc) is 3.08. The number of piperazine rings is 1. The molecule has 4 nitrogen and oxygen atoms in total. The molecule has 0 aliphatic carbocycles. The number of hydrogen-bond acceptors (Lipinski definition) is 2. The SMILES string of the molecule is O=C(Cc1c[nH]c2ccccc12)N1CCN(Cc2c(F)cccc2Cl)CC1. The van der Waals surface area contributed by atoms with E-state index in [-0.39, 0.29) is 11.7 Å². The summed E-state index contributed by atoms with van der Waals surface area (Å²) in [6.07, 6.45) is 2.31. The van der Waals surface area contributed by atoms with Gasteiger partial charge in [-0.15, -0.1) is 0 Å². The van der Waals surface area contributed by atoms with Gasteiger partial charge >= 0.3 is 0 Å². The number of rotatable bonds is 4. The molecule has 2 aromatic carbocycles. The van der Waals surface area contributed by atoms with Gasteiger partial charge in [-0.3, -0.25) is 9.69 Å². The van der Waals surface area contributed by atoms with Gasteiger partial charge in [0, 0.05) is 60.4 Å². The van der Waals surface area contributed by atoms with Crippen molar-refractivity contribution in [3.8, 4) is 0 Å². The predicted molar refractivity (Wildman–Crippen MR) is 105 cm³/mol. The zero-order valence-corrected chi connectivity index (χ0v) is 15.7. The third-order valence-corrected chi connectivity index (χ3v) is 5.54. The quantitative estimate of drug-likeness (QED) is 0.741. The molecule has 0 spiro atoms. The van der Waals surface area contributed by atoms with E-state index in [1.165, 1.54) is 6.07 Å². The molecule has 1 aromatic heterocycles. The Labute approximate surface area is 162 Å². The van der Waals surface area contributed by atoms with Crippen molar-refractivity contribution in [2.45, 2.75) is 13.0 Å². The second-order valence-corrected chi connectivity index (χ2v) is 7.30. The van der Waals surface area contributed by atoms with Gasteiger partial charge in [-0.1, -0.05) is 35.9 Å². The fraction of sp³-hybridized carbons (Fsp3) is 0.286. The molecule has 0 atom stereocenters. The van der Waals surface area contributed by atoms with E-state index in [2.05, 4.69) is 9.88 Å². The Hall–Kier alpha value is -2.37. The van der Waals surface area contributed by atoms with Crippen LogP contribution in [0.3, 0.4) is 0 Å². The van der Waals surface area contributed by atoms with Crippen LogP contribution in [0.25, 0.3) is 10.9 Å². The minimum Gasteiger partial charge on any atom is -0.361 e. The van der Waals surface area contributed by atoms with E-state index in [1.807, 2.05) is 35.4 Å². The highest BCUT2D eigenvalue weighted by Crippen LogP contribution is 2.22. The molecule has 0 unspecified atom stereocenters. The zero-order valence-electron chi connectivity index (χ0n) is 14.9. The summed E-state index contributed by atoms with van der Waals surface area (Å²) in [5.41, 5.74) is 2.60. The van der Waals surface area contributed by atoms with E-state index in [4.69, 9.17) is 11.6 Å². The van der Waals surface area contributed by atoms with Crippen LogP contribution >= 0.6 is 11.6 Å². The van der Waals surface area contributed by atoms with Crippen molar-refractivity contribution in [2.75, 3.05) is 26.2 Å². The first kappa shape index (κ1) is 18.0. The van der Waals surface area contributed by atoms with E-state index in [0.717, 1.165) is 16.5 Å².